The van der Waals surface area contributed by atoms with Crippen molar-refractivity contribution in [2.45, 2.75) is 64.4 Å². The standard InChI is InChI=1S/C22H32N2O4/c1-3-4-7-16(2)21(26)23-17-8-9-19-18(14-17)22(11-10-20(25)24-19)15-27-12-5-6-13-28-22/h8-9,14,16H,3-7,10-13,15H2,1-2H3,(H,23,26)(H,24,25). The van der Waals surface area contributed by atoms with Gasteiger partial charge in [0.2, 0.25) is 11.8 Å². The molecule has 0 aromatic heterocycles. The number of anilines is 2. The van der Waals surface area contributed by atoms with E-state index in [2.05, 4.69) is 17.6 Å². The second-order valence-corrected chi connectivity index (χ2v) is 7.94. The maximum atomic E-state index is 12.5. The Morgan fingerprint density at radius 2 is 2.14 bits per heavy atom. The first-order valence-corrected chi connectivity index (χ1v) is 10.5. The molecule has 2 amide bonds. The summed E-state index contributed by atoms with van der Waals surface area (Å²) in [6, 6.07) is 5.64. The summed E-state index contributed by atoms with van der Waals surface area (Å²) in [6.45, 7) is 5.85. The molecule has 1 spiro atoms. The maximum absolute atomic E-state index is 12.5. The van der Waals surface area contributed by atoms with Gasteiger partial charge in [-0.05, 0) is 43.9 Å². The van der Waals surface area contributed by atoms with E-state index in [1.807, 2.05) is 25.1 Å². The third kappa shape index (κ3) is 4.92. The summed E-state index contributed by atoms with van der Waals surface area (Å²) in [5, 5.41) is 6.01. The van der Waals surface area contributed by atoms with Crippen LogP contribution in [0.3, 0.4) is 0 Å². The SMILES string of the molecule is CCCCC(C)C(=O)Nc1ccc2c(c1)C1(CCC(=O)N2)COCCCCO1. The third-order valence-corrected chi connectivity index (χ3v) is 5.64. The van der Waals surface area contributed by atoms with E-state index in [9.17, 15) is 9.59 Å². The molecule has 2 aliphatic heterocycles. The first-order chi connectivity index (χ1) is 13.5. The molecule has 6 heteroatoms. The number of unbranched alkanes of at least 4 members (excludes halogenated alkanes) is 1. The minimum Gasteiger partial charge on any atom is -0.378 e. The van der Waals surface area contributed by atoms with E-state index in [0.717, 1.165) is 49.0 Å². The lowest BCUT2D eigenvalue weighted by molar-refractivity contribution is -0.130. The van der Waals surface area contributed by atoms with Gasteiger partial charge in [-0.15, -0.1) is 0 Å². The average molecular weight is 389 g/mol. The maximum Gasteiger partial charge on any atom is 0.227 e. The lowest BCUT2D eigenvalue weighted by atomic mass is 9.88. The van der Waals surface area contributed by atoms with Crippen molar-refractivity contribution in [2.24, 2.45) is 5.92 Å². The summed E-state index contributed by atoms with van der Waals surface area (Å²) in [4.78, 5) is 24.7. The van der Waals surface area contributed by atoms with Gasteiger partial charge < -0.3 is 20.1 Å². The molecule has 2 atom stereocenters. The fraction of sp³-hybridized carbons (Fsp3) is 0.636. The Kier molecular flexibility index (Phi) is 7.08. The minimum atomic E-state index is -0.663. The number of rotatable bonds is 5. The number of carbonyl (C=O) groups excluding carboxylic acids is 2. The summed E-state index contributed by atoms with van der Waals surface area (Å²) in [5.41, 5.74) is 1.69. The Morgan fingerprint density at radius 1 is 1.32 bits per heavy atom. The molecule has 0 aliphatic carbocycles. The van der Waals surface area contributed by atoms with Crippen molar-refractivity contribution >= 4 is 23.2 Å². The van der Waals surface area contributed by atoms with Crippen LogP contribution < -0.4 is 10.6 Å². The molecule has 2 heterocycles. The Hall–Kier alpha value is -1.92. The van der Waals surface area contributed by atoms with E-state index in [0.29, 0.717) is 32.7 Å². The molecule has 1 aromatic carbocycles. The van der Waals surface area contributed by atoms with Crippen molar-refractivity contribution in [1.82, 2.24) is 0 Å². The highest BCUT2D eigenvalue weighted by molar-refractivity contribution is 5.95. The van der Waals surface area contributed by atoms with Crippen LogP contribution in [0, 0.1) is 5.92 Å². The topological polar surface area (TPSA) is 76.7 Å². The number of fused-ring (bicyclic) bond motifs is 2. The molecule has 2 aliphatic rings. The predicted octanol–water partition coefficient (Wildman–Crippen LogP) is 4.21. The lowest BCUT2D eigenvalue weighted by Gasteiger charge is -2.35. The normalized spacial score (nSPS) is 23.7. The summed E-state index contributed by atoms with van der Waals surface area (Å²) in [7, 11) is 0. The van der Waals surface area contributed by atoms with Gasteiger partial charge in [-0.2, -0.15) is 0 Å². The van der Waals surface area contributed by atoms with Crippen LogP contribution in [0.1, 0.15) is 64.4 Å². The molecule has 1 aromatic rings. The van der Waals surface area contributed by atoms with Gasteiger partial charge in [-0.3, -0.25) is 9.59 Å². The van der Waals surface area contributed by atoms with E-state index in [1.54, 1.807) is 0 Å². The van der Waals surface area contributed by atoms with Crippen LogP contribution >= 0.6 is 0 Å². The van der Waals surface area contributed by atoms with E-state index in [1.165, 1.54) is 0 Å². The van der Waals surface area contributed by atoms with Gasteiger partial charge in [0.05, 0.1) is 6.61 Å². The number of ether oxygens (including phenoxy) is 2. The highest BCUT2D eigenvalue weighted by Crippen LogP contribution is 2.41. The summed E-state index contributed by atoms with van der Waals surface area (Å²) >= 11 is 0. The van der Waals surface area contributed by atoms with Gasteiger partial charge in [0.1, 0.15) is 5.60 Å². The molecule has 28 heavy (non-hydrogen) atoms. The van der Waals surface area contributed by atoms with E-state index >= 15 is 0 Å². The number of nitrogens with one attached hydrogen (secondary N) is 2. The Balaban J connectivity index is 1.87. The molecule has 2 N–H and O–H groups in total. The zero-order valence-electron chi connectivity index (χ0n) is 17.0. The van der Waals surface area contributed by atoms with E-state index in [-0.39, 0.29) is 17.7 Å². The van der Waals surface area contributed by atoms with Crippen molar-refractivity contribution < 1.29 is 19.1 Å². The molecular formula is C22H32N2O4. The monoisotopic (exact) mass is 388 g/mol. The quantitative estimate of drug-likeness (QED) is 0.792. The zero-order valence-corrected chi connectivity index (χ0v) is 17.0. The highest BCUT2D eigenvalue weighted by Gasteiger charge is 2.39. The summed E-state index contributed by atoms with van der Waals surface area (Å²) in [5.74, 6) is -0.0305. The summed E-state index contributed by atoms with van der Waals surface area (Å²) < 4.78 is 12.2. The molecule has 0 radical (unpaired) electrons. The Morgan fingerprint density at radius 3 is 2.96 bits per heavy atom. The molecule has 0 saturated carbocycles. The van der Waals surface area contributed by atoms with Gasteiger partial charge in [-0.1, -0.05) is 26.7 Å². The molecular weight excluding hydrogens is 356 g/mol. The van der Waals surface area contributed by atoms with Crippen molar-refractivity contribution in [2.75, 3.05) is 30.5 Å². The first-order valence-electron chi connectivity index (χ1n) is 10.5. The average Bonchev–Trinajstić information content (AvgIpc) is 2.80. The number of hydrogen-bond donors (Lipinski definition) is 2. The molecule has 1 saturated heterocycles. The van der Waals surface area contributed by atoms with Crippen LogP contribution in [0.15, 0.2) is 18.2 Å². The lowest BCUT2D eigenvalue weighted by Crippen LogP contribution is -2.37. The molecule has 154 valence electrons. The largest absolute Gasteiger partial charge is 0.378 e. The highest BCUT2D eigenvalue weighted by atomic mass is 16.5. The molecule has 1 fully saturated rings. The molecule has 0 bridgehead atoms. The van der Waals surface area contributed by atoms with Crippen molar-refractivity contribution in [3.8, 4) is 0 Å². The number of amides is 2. The Bertz CT molecular complexity index is 696. The van der Waals surface area contributed by atoms with Crippen LogP contribution in [-0.4, -0.2) is 31.6 Å². The van der Waals surface area contributed by atoms with Gasteiger partial charge in [0.15, 0.2) is 0 Å². The van der Waals surface area contributed by atoms with Gasteiger partial charge in [0.25, 0.3) is 0 Å². The van der Waals surface area contributed by atoms with Crippen LogP contribution in [-0.2, 0) is 24.7 Å². The smallest absolute Gasteiger partial charge is 0.227 e. The van der Waals surface area contributed by atoms with Crippen LogP contribution in [0.5, 0.6) is 0 Å². The first kappa shape index (κ1) is 20.8. The second-order valence-electron chi connectivity index (χ2n) is 7.94. The number of benzene rings is 1. The van der Waals surface area contributed by atoms with E-state index < -0.39 is 5.60 Å². The van der Waals surface area contributed by atoms with Crippen molar-refractivity contribution in [3.63, 3.8) is 0 Å². The fourth-order valence-corrected chi connectivity index (χ4v) is 3.83. The number of carbonyl (C=O) groups is 2. The van der Waals surface area contributed by atoms with Crippen molar-refractivity contribution in [3.05, 3.63) is 23.8 Å². The van der Waals surface area contributed by atoms with Gasteiger partial charge in [-0.25, -0.2) is 0 Å². The van der Waals surface area contributed by atoms with Crippen LogP contribution in [0.4, 0.5) is 11.4 Å². The number of hydrogen-bond acceptors (Lipinski definition) is 4. The van der Waals surface area contributed by atoms with E-state index in [4.69, 9.17) is 9.47 Å². The van der Waals surface area contributed by atoms with Crippen molar-refractivity contribution in [1.29, 1.82) is 0 Å². The second kappa shape index (κ2) is 9.52. The van der Waals surface area contributed by atoms with Crippen LogP contribution in [0.25, 0.3) is 0 Å². The fourth-order valence-electron chi connectivity index (χ4n) is 3.83. The third-order valence-electron chi connectivity index (χ3n) is 5.64. The molecule has 3 rings (SSSR count). The summed E-state index contributed by atoms with van der Waals surface area (Å²) in [6.07, 6.45) is 5.86. The van der Waals surface area contributed by atoms with Gasteiger partial charge >= 0.3 is 0 Å². The van der Waals surface area contributed by atoms with Gasteiger partial charge in [0, 0.05) is 42.5 Å². The Labute approximate surface area is 167 Å². The minimum absolute atomic E-state index is 0.0197. The molecule has 2 unspecified atom stereocenters. The predicted molar refractivity (Wildman–Crippen MR) is 109 cm³/mol. The molecule has 6 nitrogen and oxygen atoms in total. The van der Waals surface area contributed by atoms with Crippen LogP contribution in [0.2, 0.25) is 0 Å². The zero-order chi connectivity index (χ0) is 20.0.